The molecule has 1 aliphatic rings. The van der Waals surface area contributed by atoms with Gasteiger partial charge in [0.25, 0.3) is 22.5 Å². The molecule has 0 saturated carbocycles. The zero-order valence-corrected chi connectivity index (χ0v) is 41.1. The molecule has 0 aliphatic carbocycles. The number of halogens is 2. The molecule has 2 heterocycles. The number of nitrogens with one attached hydrogen (secondary N) is 4. The van der Waals surface area contributed by atoms with Crippen molar-refractivity contribution in [3.63, 3.8) is 0 Å². The first-order chi connectivity index (χ1) is 34.1. The number of aromatic hydroxyl groups is 1. The molecule has 1 aliphatic heterocycles. The molecule has 3 aromatic carbocycles. The van der Waals surface area contributed by atoms with Crippen LogP contribution in [-0.2, 0) is 41.2 Å². The second-order valence-electron chi connectivity index (χ2n) is 18.1. The third-order valence-electron chi connectivity index (χ3n) is 11.4. The van der Waals surface area contributed by atoms with Crippen LogP contribution < -0.4 is 52.5 Å². The van der Waals surface area contributed by atoms with Crippen LogP contribution in [0.3, 0.4) is 0 Å². The Morgan fingerprint density at radius 3 is 2.10 bits per heavy atom. The number of carbonyl (C=O) groups is 5. The number of aliphatic hydroxyl groups is 2. The van der Waals surface area contributed by atoms with Gasteiger partial charge >= 0.3 is 5.97 Å². The van der Waals surface area contributed by atoms with Crippen LogP contribution in [-0.4, -0.2) is 144 Å². The number of phenolic OH excluding ortho intramolecular Hbond substituents is 1. The van der Waals surface area contributed by atoms with Crippen molar-refractivity contribution >= 4 is 45.6 Å². The van der Waals surface area contributed by atoms with E-state index in [4.69, 9.17) is 31.8 Å². The maximum atomic E-state index is 14.8. The number of likely N-dealkylation sites (N-methyl/N-ethyl adjacent to an activating group) is 1. The van der Waals surface area contributed by atoms with E-state index >= 15 is 0 Å². The average Bonchev–Trinajstić information content (AvgIpc) is 3.32. The zero-order valence-electron chi connectivity index (χ0n) is 40.3. The Balaban J connectivity index is 1.69. The average molecular weight is 1040 g/mol. The number of aliphatic carboxylic acids is 1. The fourth-order valence-electron chi connectivity index (χ4n) is 7.43. The van der Waals surface area contributed by atoms with E-state index in [1.54, 1.807) is 24.3 Å². The highest BCUT2D eigenvalue weighted by atomic mass is 32.2. The van der Waals surface area contributed by atoms with Crippen molar-refractivity contribution in [2.45, 2.75) is 82.3 Å². The molecule has 24 nitrogen and oxygen atoms in total. The lowest BCUT2D eigenvalue weighted by molar-refractivity contribution is -0.143. The van der Waals surface area contributed by atoms with Crippen LogP contribution in [0.4, 0.5) is 14.6 Å². The molecule has 4 bridgehead atoms. The molecule has 73 heavy (non-hydrogen) atoms. The lowest BCUT2D eigenvalue weighted by Gasteiger charge is -2.33. The number of nitrogen functional groups attached to an aromatic ring is 1. The van der Waals surface area contributed by atoms with E-state index < -0.39 is 131 Å². The summed E-state index contributed by atoms with van der Waals surface area (Å²) in [7, 11) is -3.67. The van der Waals surface area contributed by atoms with E-state index in [2.05, 4.69) is 25.9 Å². The Hall–Kier alpha value is -7.14. The number of phenols is 1. The molecule has 396 valence electrons. The lowest BCUT2D eigenvalue weighted by atomic mass is 9.86. The third-order valence-corrected chi connectivity index (χ3v) is 12.0. The number of nitrogens with zero attached hydrogens (tertiary/aromatic N) is 3. The molecule has 1 aromatic heterocycles. The van der Waals surface area contributed by atoms with Gasteiger partial charge in [0.1, 0.15) is 72.4 Å². The summed E-state index contributed by atoms with van der Waals surface area (Å²) < 4.78 is 67.7. The Morgan fingerprint density at radius 2 is 1.53 bits per heavy atom. The van der Waals surface area contributed by atoms with Crippen LogP contribution in [0.15, 0.2) is 54.6 Å². The Bertz CT molecular complexity index is 2820. The molecule has 0 fully saturated rings. The molecule has 0 saturated heterocycles. The Kier molecular flexibility index (Phi) is 18.4. The van der Waals surface area contributed by atoms with E-state index in [9.17, 15) is 61.6 Å². The molecule has 27 heteroatoms. The number of amides is 4. The van der Waals surface area contributed by atoms with Gasteiger partial charge in [0.15, 0.2) is 17.3 Å². The number of aliphatic hydroxyl groups excluding tert-OH is 2. The minimum absolute atomic E-state index is 0.0237. The third kappa shape index (κ3) is 14.3. The van der Waals surface area contributed by atoms with Gasteiger partial charge in [-0.3, -0.25) is 19.2 Å². The minimum Gasteiger partial charge on any atom is -0.504 e. The number of hydrogen-bond donors (Lipinski definition) is 12. The molecule has 4 amide bonds. The number of aromatic nitrogens is 2. The van der Waals surface area contributed by atoms with Crippen molar-refractivity contribution in [3.05, 3.63) is 82.5 Å². The van der Waals surface area contributed by atoms with Crippen LogP contribution in [0.2, 0.25) is 0 Å². The minimum atomic E-state index is -4.68. The van der Waals surface area contributed by atoms with Gasteiger partial charge < -0.3 is 68.0 Å². The predicted octanol–water partition coefficient (Wildman–Crippen LogP) is -0.548. The number of hydrogen-bond acceptors (Lipinski definition) is 17. The molecule has 6 atom stereocenters. The summed E-state index contributed by atoms with van der Waals surface area (Å²) >= 11 is 0. The van der Waals surface area contributed by atoms with E-state index in [0.29, 0.717) is 4.90 Å². The predicted molar refractivity (Wildman–Crippen MR) is 259 cm³/mol. The number of alkyl halides is 2. The van der Waals surface area contributed by atoms with Crippen LogP contribution in [0, 0.1) is 0 Å². The van der Waals surface area contributed by atoms with Crippen molar-refractivity contribution in [1.29, 1.82) is 0 Å². The highest BCUT2D eigenvalue weighted by molar-refractivity contribution is 7.87. The molecular weight excluding hydrogens is 985 g/mol. The van der Waals surface area contributed by atoms with Crippen LogP contribution in [0.25, 0.3) is 22.5 Å². The Morgan fingerprint density at radius 1 is 0.918 bits per heavy atom. The quantitative estimate of drug-likeness (QED) is 0.0595. The first-order valence-electron chi connectivity index (χ1n) is 22.4. The van der Waals surface area contributed by atoms with Gasteiger partial charge in [-0.2, -0.15) is 13.1 Å². The number of benzene rings is 3. The smallest absolute Gasteiger partial charge is 0.326 e. The molecular formula is C46H59F2N11O13S. The second-order valence-corrected chi connectivity index (χ2v) is 19.5. The molecule has 5 rings (SSSR count). The van der Waals surface area contributed by atoms with Crippen LogP contribution in [0.1, 0.15) is 72.9 Å². The number of anilines is 1. The number of carboxylic acids is 1. The summed E-state index contributed by atoms with van der Waals surface area (Å²) in [5.74, 6) is -8.66. The van der Waals surface area contributed by atoms with Gasteiger partial charge in [-0.25, -0.2) is 28.7 Å². The van der Waals surface area contributed by atoms with E-state index in [1.807, 2.05) is 25.5 Å². The molecule has 3 unspecified atom stereocenters. The summed E-state index contributed by atoms with van der Waals surface area (Å²) in [5, 5.41) is 54.8. The van der Waals surface area contributed by atoms with E-state index in [0.717, 1.165) is 18.7 Å². The van der Waals surface area contributed by atoms with Crippen LogP contribution in [0.5, 0.6) is 17.2 Å². The molecule has 16 N–H and O–H groups in total. The number of carboxylic acid groups (broad SMARTS) is 1. The van der Waals surface area contributed by atoms with Crippen molar-refractivity contribution in [2.24, 2.45) is 16.6 Å². The van der Waals surface area contributed by atoms with Gasteiger partial charge in [-0.05, 0) is 53.3 Å². The van der Waals surface area contributed by atoms with Gasteiger partial charge in [-0.1, -0.05) is 51.1 Å². The number of carbonyl (C=O) groups excluding carboxylic acids is 4. The second kappa shape index (κ2) is 23.6. The van der Waals surface area contributed by atoms with Gasteiger partial charge in [0.2, 0.25) is 17.7 Å². The largest absolute Gasteiger partial charge is 0.504 e. The number of ether oxygens (including phenoxy) is 2. The van der Waals surface area contributed by atoms with Crippen molar-refractivity contribution < 1.29 is 71.1 Å². The number of fused-ring (bicyclic) bond motifs is 5. The van der Waals surface area contributed by atoms with Crippen molar-refractivity contribution in [2.75, 3.05) is 45.6 Å². The number of rotatable bonds is 18. The summed E-state index contributed by atoms with van der Waals surface area (Å²) in [6.07, 6.45) is -6.31. The van der Waals surface area contributed by atoms with Gasteiger partial charge in [-0.15, -0.1) is 0 Å². The fourth-order valence-corrected chi connectivity index (χ4v) is 7.83. The first kappa shape index (κ1) is 56.8. The van der Waals surface area contributed by atoms with Gasteiger partial charge in [0, 0.05) is 49.8 Å². The summed E-state index contributed by atoms with van der Waals surface area (Å²) in [6.45, 7) is 4.52. The van der Waals surface area contributed by atoms with E-state index in [-0.39, 0.29) is 64.3 Å². The summed E-state index contributed by atoms with van der Waals surface area (Å²) in [5.41, 5.74) is 15.9. The van der Waals surface area contributed by atoms with E-state index in [1.165, 1.54) is 31.2 Å². The standard InChI is InChI=1S/C46H59F2N11O13S/c1-21-41(63)55-30(45(67)68)13-22-6-11-32(71-19-26(60)16-49)28(12-22)29-14-24(15-33(37(29)62)72-20-27(61)17-50)36(43(65)54-21)59(5)44(66)31(18-53-73(52,69)70)56-42(64)34-35(38(47)48)57-40(58-39(34)51)23-7-9-25(10-8-23)46(2,3)4/h6-12,14-15,21,26-27,30-31,36,38,53,60-62H,13,16-20,49-50H2,1-5H3,(H,54,65)(H,55,63)(H,56,64)(H,67,68)(H2,51,57,58)(H2,52,69,70)/t21-,26?,27?,30-,31?,36-/m0/s1. The molecule has 4 aromatic rings. The SMILES string of the molecule is C[C@@H]1NC(=O)[C@@H](N(C)C(=O)C(CNS(N)(=O)=O)NC(=O)c2c(N)nc(-c3ccc(C(C)(C)C)cc3)nc2C(F)F)c2cc(OCC(O)CN)c(O)c(c2)-c2cc(ccc2OCC(O)CN)C[C@@H](C(=O)O)NC1=O. The summed E-state index contributed by atoms with van der Waals surface area (Å²) in [4.78, 5) is 78.4. The topological polar surface area (TPSA) is 400 Å². The maximum Gasteiger partial charge on any atom is 0.326 e. The highest BCUT2D eigenvalue weighted by Crippen LogP contribution is 2.45. The fraction of sp³-hybridized carbons (Fsp3) is 0.413. The first-order valence-corrected chi connectivity index (χ1v) is 24.0. The zero-order chi connectivity index (χ0) is 54.3. The van der Waals surface area contributed by atoms with Crippen molar-refractivity contribution in [1.82, 2.24) is 35.5 Å². The van der Waals surface area contributed by atoms with Crippen LogP contribution >= 0.6 is 0 Å². The normalized spacial score (nSPS) is 17.6. The highest BCUT2D eigenvalue weighted by Gasteiger charge is 2.38. The molecule has 0 radical (unpaired) electrons. The van der Waals surface area contributed by atoms with Crippen molar-refractivity contribution in [3.8, 4) is 39.8 Å². The lowest BCUT2D eigenvalue weighted by Crippen LogP contribution is -2.57. The van der Waals surface area contributed by atoms with Gasteiger partial charge in [0.05, 0.1) is 0 Å². The monoisotopic (exact) mass is 1040 g/mol. The summed E-state index contributed by atoms with van der Waals surface area (Å²) in [6, 6.07) is 5.82. The number of nitrogens with two attached hydrogens (primary N) is 4. The maximum absolute atomic E-state index is 14.8. The molecule has 0 spiro atoms. The Labute approximate surface area is 418 Å².